The highest BCUT2D eigenvalue weighted by Crippen LogP contribution is 2.46. The summed E-state index contributed by atoms with van der Waals surface area (Å²) in [6.07, 6.45) is 5.02. The predicted molar refractivity (Wildman–Crippen MR) is 81.2 cm³/mol. The zero-order valence-corrected chi connectivity index (χ0v) is 11.9. The second-order valence-electron chi connectivity index (χ2n) is 5.67. The average Bonchev–Trinajstić information content (AvgIpc) is 2.62. The van der Waals surface area contributed by atoms with Crippen LogP contribution < -0.4 is 0 Å². The number of rotatable bonds is 1. The van der Waals surface area contributed by atoms with Crippen molar-refractivity contribution in [2.75, 3.05) is 0 Å². The van der Waals surface area contributed by atoms with Crippen LogP contribution in [0.2, 0.25) is 5.02 Å². The lowest BCUT2D eigenvalue weighted by molar-refractivity contribution is 0.563. The Morgan fingerprint density at radius 1 is 1.21 bits per heavy atom. The van der Waals surface area contributed by atoms with E-state index in [4.69, 9.17) is 11.6 Å². The first-order valence-electron chi connectivity index (χ1n) is 6.48. The van der Waals surface area contributed by atoms with Gasteiger partial charge in [-0.2, -0.15) is 0 Å². The summed E-state index contributed by atoms with van der Waals surface area (Å²) in [5.74, 6) is 0. The van der Waals surface area contributed by atoms with Crippen LogP contribution in [0, 0.1) is 0 Å². The highest BCUT2D eigenvalue weighted by molar-refractivity contribution is 6.30. The van der Waals surface area contributed by atoms with Crippen LogP contribution in [0.5, 0.6) is 0 Å². The fourth-order valence-electron chi connectivity index (χ4n) is 2.81. The van der Waals surface area contributed by atoms with Crippen LogP contribution in [0.25, 0.3) is 11.6 Å². The number of aromatic nitrogens is 1. The molecule has 1 aliphatic carbocycles. The number of halogens is 1. The third kappa shape index (κ3) is 2.31. The zero-order valence-electron chi connectivity index (χ0n) is 11.2. The maximum Gasteiger partial charge on any atom is 0.0632 e. The smallest absolute Gasteiger partial charge is 0.0632 e. The summed E-state index contributed by atoms with van der Waals surface area (Å²) in [6, 6.07) is 12.2. The van der Waals surface area contributed by atoms with E-state index in [2.05, 4.69) is 37.0 Å². The van der Waals surface area contributed by atoms with Gasteiger partial charge in [0.15, 0.2) is 0 Å². The van der Waals surface area contributed by atoms with Crippen LogP contribution in [0.1, 0.15) is 37.1 Å². The maximum atomic E-state index is 6.14. The zero-order chi connectivity index (χ0) is 13.5. The minimum atomic E-state index is 0.167. The lowest BCUT2D eigenvalue weighted by Gasteiger charge is -2.18. The largest absolute Gasteiger partial charge is 0.257 e. The van der Waals surface area contributed by atoms with E-state index in [0.717, 1.165) is 17.1 Å². The van der Waals surface area contributed by atoms with E-state index in [-0.39, 0.29) is 5.41 Å². The first kappa shape index (κ1) is 12.4. The van der Waals surface area contributed by atoms with Crippen LogP contribution in [-0.2, 0) is 5.41 Å². The lowest BCUT2D eigenvalue weighted by Crippen LogP contribution is -2.11. The molecule has 19 heavy (non-hydrogen) atoms. The quantitative estimate of drug-likeness (QED) is 0.713. The molecule has 1 aromatic carbocycles. The SMILES string of the molecule is CC1(C)C/C(=C/c2ccccn2)c2cc(Cl)ccc21. The molecule has 0 unspecified atom stereocenters. The van der Waals surface area contributed by atoms with E-state index in [9.17, 15) is 0 Å². The molecule has 0 bridgehead atoms. The molecule has 1 nitrogen and oxygen atoms in total. The molecule has 0 radical (unpaired) electrons. The van der Waals surface area contributed by atoms with Gasteiger partial charge in [-0.25, -0.2) is 0 Å². The van der Waals surface area contributed by atoms with Gasteiger partial charge in [0.05, 0.1) is 5.69 Å². The number of pyridine rings is 1. The van der Waals surface area contributed by atoms with Gasteiger partial charge in [0.2, 0.25) is 0 Å². The van der Waals surface area contributed by atoms with Crippen molar-refractivity contribution in [1.82, 2.24) is 4.98 Å². The number of hydrogen-bond donors (Lipinski definition) is 0. The molecular formula is C17H16ClN. The predicted octanol–water partition coefficient (Wildman–Crippen LogP) is 4.96. The topological polar surface area (TPSA) is 12.9 Å². The van der Waals surface area contributed by atoms with Crippen molar-refractivity contribution in [3.63, 3.8) is 0 Å². The molecule has 2 heteroatoms. The Labute approximate surface area is 119 Å². The van der Waals surface area contributed by atoms with Crippen molar-refractivity contribution >= 4 is 23.3 Å². The summed E-state index contributed by atoms with van der Waals surface area (Å²) >= 11 is 6.14. The molecular weight excluding hydrogens is 254 g/mol. The highest BCUT2D eigenvalue weighted by atomic mass is 35.5. The van der Waals surface area contributed by atoms with Crippen LogP contribution in [0.3, 0.4) is 0 Å². The second-order valence-corrected chi connectivity index (χ2v) is 6.11. The van der Waals surface area contributed by atoms with Gasteiger partial charge in [0, 0.05) is 11.2 Å². The van der Waals surface area contributed by atoms with Gasteiger partial charge in [-0.05, 0) is 58.9 Å². The fourth-order valence-corrected chi connectivity index (χ4v) is 2.98. The fraction of sp³-hybridized carbons (Fsp3) is 0.235. The highest BCUT2D eigenvalue weighted by Gasteiger charge is 2.33. The molecule has 1 aliphatic rings. The van der Waals surface area contributed by atoms with Crippen LogP contribution in [0.4, 0.5) is 0 Å². The Balaban J connectivity index is 2.12. The summed E-state index contributed by atoms with van der Waals surface area (Å²) in [5.41, 5.74) is 5.13. The number of benzene rings is 1. The van der Waals surface area contributed by atoms with E-state index in [1.165, 1.54) is 16.7 Å². The van der Waals surface area contributed by atoms with Gasteiger partial charge in [-0.3, -0.25) is 4.98 Å². The molecule has 0 amide bonds. The summed E-state index contributed by atoms with van der Waals surface area (Å²) in [6.45, 7) is 4.55. The van der Waals surface area contributed by atoms with Gasteiger partial charge in [0.1, 0.15) is 0 Å². The molecule has 0 N–H and O–H groups in total. The minimum absolute atomic E-state index is 0.167. The van der Waals surface area contributed by atoms with Crippen molar-refractivity contribution in [3.05, 3.63) is 64.4 Å². The molecule has 1 heterocycles. The van der Waals surface area contributed by atoms with Crippen LogP contribution in [0.15, 0.2) is 42.6 Å². The van der Waals surface area contributed by atoms with Crippen molar-refractivity contribution in [2.24, 2.45) is 0 Å². The van der Waals surface area contributed by atoms with Gasteiger partial charge in [-0.1, -0.05) is 37.6 Å². The molecule has 0 spiro atoms. The molecule has 0 aliphatic heterocycles. The minimum Gasteiger partial charge on any atom is -0.257 e. The Morgan fingerprint density at radius 2 is 2.05 bits per heavy atom. The summed E-state index contributed by atoms with van der Waals surface area (Å²) in [5, 5.41) is 0.795. The third-order valence-electron chi connectivity index (χ3n) is 3.70. The molecule has 3 rings (SSSR count). The number of fused-ring (bicyclic) bond motifs is 1. The molecule has 0 saturated carbocycles. The molecule has 96 valence electrons. The van der Waals surface area contributed by atoms with Crippen molar-refractivity contribution < 1.29 is 0 Å². The molecule has 0 atom stereocenters. The average molecular weight is 270 g/mol. The van der Waals surface area contributed by atoms with E-state index in [1.807, 2.05) is 30.5 Å². The number of nitrogens with zero attached hydrogens (tertiary/aromatic N) is 1. The second kappa shape index (κ2) is 4.50. The Hall–Kier alpha value is -1.60. The van der Waals surface area contributed by atoms with Crippen LogP contribution in [-0.4, -0.2) is 4.98 Å². The van der Waals surface area contributed by atoms with E-state index in [1.54, 1.807) is 0 Å². The number of hydrogen-bond acceptors (Lipinski definition) is 1. The standard InChI is InChI=1S/C17H16ClN/c1-17(2)11-12(9-14-5-3-4-8-19-14)15-10-13(18)6-7-16(15)17/h3-10H,11H2,1-2H3/b12-9-. The van der Waals surface area contributed by atoms with Gasteiger partial charge in [0.25, 0.3) is 0 Å². The van der Waals surface area contributed by atoms with Gasteiger partial charge < -0.3 is 0 Å². The maximum absolute atomic E-state index is 6.14. The normalized spacial score (nSPS) is 18.6. The Morgan fingerprint density at radius 3 is 2.79 bits per heavy atom. The first-order valence-corrected chi connectivity index (χ1v) is 6.86. The van der Waals surface area contributed by atoms with Gasteiger partial charge in [-0.15, -0.1) is 0 Å². The third-order valence-corrected chi connectivity index (χ3v) is 3.93. The lowest BCUT2D eigenvalue weighted by atomic mass is 9.86. The summed E-state index contributed by atoms with van der Waals surface area (Å²) in [4.78, 5) is 4.38. The van der Waals surface area contributed by atoms with E-state index in [0.29, 0.717) is 0 Å². The number of allylic oxidation sites excluding steroid dienone is 1. The van der Waals surface area contributed by atoms with E-state index < -0.39 is 0 Å². The summed E-state index contributed by atoms with van der Waals surface area (Å²) in [7, 11) is 0. The Bertz CT molecular complexity index is 642. The van der Waals surface area contributed by atoms with Gasteiger partial charge >= 0.3 is 0 Å². The monoisotopic (exact) mass is 269 g/mol. The van der Waals surface area contributed by atoms with Crippen molar-refractivity contribution in [2.45, 2.75) is 25.7 Å². The molecule has 2 aromatic rings. The molecule has 0 fully saturated rings. The van der Waals surface area contributed by atoms with Crippen molar-refractivity contribution in [1.29, 1.82) is 0 Å². The first-order chi connectivity index (χ1) is 9.06. The van der Waals surface area contributed by atoms with Crippen molar-refractivity contribution in [3.8, 4) is 0 Å². The molecule has 1 aromatic heterocycles. The molecule has 0 saturated heterocycles. The van der Waals surface area contributed by atoms with Crippen LogP contribution >= 0.6 is 11.6 Å². The summed E-state index contributed by atoms with van der Waals surface area (Å²) < 4.78 is 0. The van der Waals surface area contributed by atoms with E-state index >= 15 is 0 Å². The Kier molecular flexibility index (Phi) is 2.94.